The second-order valence-electron chi connectivity index (χ2n) is 9.27. The zero-order valence-corrected chi connectivity index (χ0v) is 22.0. The maximum absolute atomic E-state index is 13.9. The highest BCUT2D eigenvalue weighted by molar-refractivity contribution is 7.89. The van der Waals surface area contributed by atoms with Crippen molar-refractivity contribution in [3.8, 4) is 5.75 Å². The molecular weight excluding hydrogens is 472 g/mol. The zero-order valence-electron chi connectivity index (χ0n) is 21.2. The highest BCUT2D eigenvalue weighted by Crippen LogP contribution is 2.36. The lowest BCUT2D eigenvalue weighted by Gasteiger charge is -2.35. The van der Waals surface area contributed by atoms with E-state index < -0.39 is 16.1 Å². The molecule has 0 fully saturated rings. The van der Waals surface area contributed by atoms with E-state index in [1.807, 2.05) is 56.3 Å². The molecule has 1 amide bonds. The lowest BCUT2D eigenvalue weighted by molar-refractivity contribution is -0.125. The van der Waals surface area contributed by atoms with Crippen molar-refractivity contribution in [3.05, 3.63) is 94.5 Å². The molecule has 1 N–H and O–H groups in total. The normalized spacial score (nSPS) is 15.8. The second-order valence-corrected chi connectivity index (χ2v) is 11.2. The average Bonchev–Trinajstić information content (AvgIpc) is 2.89. The van der Waals surface area contributed by atoms with Crippen molar-refractivity contribution in [1.29, 1.82) is 0 Å². The van der Waals surface area contributed by atoms with Crippen molar-refractivity contribution in [2.24, 2.45) is 0 Å². The molecule has 1 aliphatic heterocycles. The minimum atomic E-state index is -3.95. The van der Waals surface area contributed by atoms with Crippen molar-refractivity contribution < 1.29 is 17.9 Å². The molecule has 1 unspecified atom stereocenters. The van der Waals surface area contributed by atoms with Gasteiger partial charge in [-0.25, -0.2) is 8.42 Å². The topological polar surface area (TPSA) is 75.7 Å². The molecular formula is C29H34N2O4S. The molecule has 0 spiro atoms. The van der Waals surface area contributed by atoms with E-state index in [-0.39, 0.29) is 17.3 Å². The molecule has 190 valence electrons. The van der Waals surface area contributed by atoms with Gasteiger partial charge in [0.2, 0.25) is 15.9 Å². The number of unbranched alkanes of at least 4 members (excludes halogenated alkanes) is 1. The number of fused-ring (bicyclic) bond motifs is 1. The maximum atomic E-state index is 13.9. The Morgan fingerprint density at radius 2 is 1.75 bits per heavy atom. The van der Waals surface area contributed by atoms with Gasteiger partial charge in [0.05, 0.1) is 12.0 Å². The summed E-state index contributed by atoms with van der Waals surface area (Å²) in [7, 11) is -2.42. The van der Waals surface area contributed by atoms with E-state index in [0.29, 0.717) is 18.7 Å². The number of carbonyl (C=O) groups is 1. The summed E-state index contributed by atoms with van der Waals surface area (Å²) in [6, 6.07) is 20.2. The first kappa shape index (κ1) is 25.9. The van der Waals surface area contributed by atoms with Crippen molar-refractivity contribution in [2.45, 2.75) is 50.5 Å². The van der Waals surface area contributed by atoms with Crippen molar-refractivity contribution >= 4 is 15.9 Å². The largest absolute Gasteiger partial charge is 0.496 e. The minimum absolute atomic E-state index is 0.141. The van der Waals surface area contributed by atoms with E-state index in [9.17, 15) is 13.2 Å². The Kier molecular flexibility index (Phi) is 8.11. The number of nitrogens with one attached hydrogen (secondary N) is 1. The van der Waals surface area contributed by atoms with Crippen LogP contribution in [0.3, 0.4) is 0 Å². The predicted molar refractivity (Wildman–Crippen MR) is 142 cm³/mol. The number of amides is 1. The van der Waals surface area contributed by atoms with E-state index in [1.165, 1.54) is 17.0 Å². The van der Waals surface area contributed by atoms with Gasteiger partial charge in [0, 0.05) is 19.2 Å². The van der Waals surface area contributed by atoms with E-state index in [2.05, 4.69) is 17.4 Å². The molecule has 4 rings (SSSR count). The van der Waals surface area contributed by atoms with E-state index in [4.69, 9.17) is 4.74 Å². The number of methoxy groups -OCH3 is 1. The van der Waals surface area contributed by atoms with E-state index >= 15 is 0 Å². The molecule has 0 radical (unpaired) electrons. The highest BCUT2D eigenvalue weighted by atomic mass is 32.2. The number of aryl methyl sites for hydroxylation is 2. The number of benzene rings is 3. The smallest absolute Gasteiger partial charge is 0.244 e. The first-order chi connectivity index (χ1) is 17.3. The van der Waals surface area contributed by atoms with Gasteiger partial charge in [0.25, 0.3) is 0 Å². The first-order valence-electron chi connectivity index (χ1n) is 12.4. The fourth-order valence-corrected chi connectivity index (χ4v) is 6.44. The number of hydrogen-bond donors (Lipinski definition) is 1. The molecule has 3 aromatic carbocycles. The summed E-state index contributed by atoms with van der Waals surface area (Å²) in [6.07, 6.45) is 3.25. The van der Waals surface area contributed by atoms with Crippen LogP contribution in [0.1, 0.15) is 46.7 Å². The molecule has 0 bridgehead atoms. The molecule has 1 aliphatic rings. The maximum Gasteiger partial charge on any atom is 0.244 e. The molecule has 0 saturated carbocycles. The molecule has 0 saturated heterocycles. The van der Waals surface area contributed by atoms with Crippen LogP contribution >= 0.6 is 0 Å². The van der Waals surface area contributed by atoms with Crippen LogP contribution in [0.15, 0.2) is 71.6 Å². The zero-order chi connectivity index (χ0) is 25.7. The standard InChI is InChI=1S/C29H34N2O4S/c1-21-19-25(20-27(35-3)22(21)2)36(33,34)31-18-16-24-14-7-8-15-26(24)28(31)29(32)30-17-10-9-13-23-11-5-4-6-12-23/h4-8,11-12,14-15,19-20,28H,9-10,13,16-18H2,1-3H3,(H,30,32). The Morgan fingerprint density at radius 3 is 2.50 bits per heavy atom. The average molecular weight is 507 g/mol. The molecule has 1 atom stereocenters. The summed E-state index contributed by atoms with van der Waals surface area (Å²) in [5.74, 6) is 0.228. The Labute approximate surface area is 214 Å². The third kappa shape index (κ3) is 5.47. The number of nitrogens with zero attached hydrogens (tertiary/aromatic N) is 1. The fraction of sp³-hybridized carbons (Fsp3) is 0.345. The van der Waals surface area contributed by atoms with Gasteiger partial charge in [-0.15, -0.1) is 0 Å². The van der Waals surface area contributed by atoms with Crippen LogP contribution in [-0.4, -0.2) is 38.8 Å². The lowest BCUT2D eigenvalue weighted by atomic mass is 9.94. The quantitative estimate of drug-likeness (QED) is 0.426. The lowest BCUT2D eigenvalue weighted by Crippen LogP contribution is -2.47. The van der Waals surface area contributed by atoms with E-state index in [0.717, 1.165) is 41.5 Å². The van der Waals surface area contributed by atoms with Gasteiger partial charge in [-0.1, -0.05) is 54.6 Å². The van der Waals surface area contributed by atoms with Gasteiger partial charge in [-0.2, -0.15) is 4.31 Å². The molecule has 0 aliphatic carbocycles. The Bertz CT molecular complexity index is 1320. The summed E-state index contributed by atoms with van der Waals surface area (Å²) < 4.78 is 34.5. The van der Waals surface area contributed by atoms with Gasteiger partial charge in [-0.3, -0.25) is 4.79 Å². The summed E-state index contributed by atoms with van der Waals surface area (Å²) in [4.78, 5) is 13.6. The number of carbonyl (C=O) groups excluding carboxylic acids is 1. The Morgan fingerprint density at radius 1 is 1.03 bits per heavy atom. The SMILES string of the molecule is COc1cc(S(=O)(=O)N2CCc3ccccc3C2C(=O)NCCCCc2ccccc2)cc(C)c1C. The Hall–Kier alpha value is -3.16. The molecule has 0 aromatic heterocycles. The summed E-state index contributed by atoms with van der Waals surface area (Å²) in [5.41, 5.74) is 4.73. The molecule has 1 heterocycles. The number of sulfonamides is 1. The number of hydrogen-bond acceptors (Lipinski definition) is 4. The van der Waals surface area contributed by atoms with Crippen LogP contribution < -0.4 is 10.1 Å². The third-order valence-electron chi connectivity index (χ3n) is 6.94. The molecule has 7 heteroatoms. The van der Waals surface area contributed by atoms with Crippen LogP contribution in [0, 0.1) is 13.8 Å². The van der Waals surface area contributed by atoms with E-state index in [1.54, 1.807) is 12.1 Å². The summed E-state index contributed by atoms with van der Waals surface area (Å²) >= 11 is 0. The van der Waals surface area contributed by atoms with Crippen LogP contribution in [0.25, 0.3) is 0 Å². The summed E-state index contributed by atoms with van der Waals surface area (Å²) in [6.45, 7) is 4.49. The predicted octanol–water partition coefficient (Wildman–Crippen LogP) is 4.74. The van der Waals surface area contributed by atoms with Crippen LogP contribution in [0.5, 0.6) is 5.75 Å². The number of ether oxygens (including phenoxy) is 1. The molecule has 3 aromatic rings. The van der Waals surface area contributed by atoms with Crippen molar-refractivity contribution in [3.63, 3.8) is 0 Å². The molecule has 6 nitrogen and oxygen atoms in total. The van der Waals surface area contributed by atoms with Crippen LogP contribution in [0.4, 0.5) is 0 Å². The van der Waals surface area contributed by atoms with Crippen molar-refractivity contribution in [2.75, 3.05) is 20.2 Å². The molecule has 36 heavy (non-hydrogen) atoms. The van der Waals surface area contributed by atoms with Gasteiger partial charge in [0.15, 0.2) is 0 Å². The third-order valence-corrected chi connectivity index (χ3v) is 8.78. The Balaban J connectivity index is 1.55. The minimum Gasteiger partial charge on any atom is -0.496 e. The highest BCUT2D eigenvalue weighted by Gasteiger charge is 2.40. The van der Waals surface area contributed by atoms with Gasteiger partial charge < -0.3 is 10.1 Å². The van der Waals surface area contributed by atoms with Gasteiger partial charge in [-0.05, 0) is 73.4 Å². The number of rotatable bonds is 9. The van der Waals surface area contributed by atoms with Crippen LogP contribution in [0.2, 0.25) is 0 Å². The summed E-state index contributed by atoms with van der Waals surface area (Å²) in [5, 5.41) is 3.01. The second kappa shape index (κ2) is 11.3. The van der Waals surface area contributed by atoms with Gasteiger partial charge in [0.1, 0.15) is 11.8 Å². The fourth-order valence-electron chi connectivity index (χ4n) is 4.77. The monoisotopic (exact) mass is 506 g/mol. The van der Waals surface area contributed by atoms with Crippen LogP contribution in [-0.2, 0) is 27.7 Å². The van der Waals surface area contributed by atoms with Gasteiger partial charge >= 0.3 is 0 Å². The first-order valence-corrected chi connectivity index (χ1v) is 13.8. The van der Waals surface area contributed by atoms with Crippen molar-refractivity contribution in [1.82, 2.24) is 9.62 Å².